The van der Waals surface area contributed by atoms with Gasteiger partial charge in [-0.1, -0.05) is 12.1 Å². The number of aryl methyl sites for hydroxylation is 1. The van der Waals surface area contributed by atoms with E-state index in [2.05, 4.69) is 11.9 Å². The van der Waals surface area contributed by atoms with E-state index >= 15 is 0 Å². The molecule has 0 bridgehead atoms. The SMILES string of the molecule is C=CCN(CC(=O)N(CCc1ccc(OC)c(OC)c1)Cc1ccc(C)s1)C(=O)NCC(=O)OCC. The van der Waals surface area contributed by atoms with Crippen molar-refractivity contribution in [2.24, 2.45) is 0 Å². The van der Waals surface area contributed by atoms with Crippen molar-refractivity contribution in [1.29, 1.82) is 0 Å². The van der Waals surface area contributed by atoms with Gasteiger partial charge in [-0.15, -0.1) is 17.9 Å². The Kier molecular flexibility index (Phi) is 11.8. The van der Waals surface area contributed by atoms with E-state index in [1.807, 2.05) is 37.3 Å². The number of ether oxygens (including phenoxy) is 3. The summed E-state index contributed by atoms with van der Waals surface area (Å²) in [5.41, 5.74) is 0.989. The molecule has 0 aliphatic carbocycles. The zero-order valence-corrected chi connectivity index (χ0v) is 22.2. The average Bonchev–Trinajstić information content (AvgIpc) is 3.29. The highest BCUT2D eigenvalue weighted by Crippen LogP contribution is 2.28. The summed E-state index contributed by atoms with van der Waals surface area (Å²) in [7, 11) is 3.16. The summed E-state index contributed by atoms with van der Waals surface area (Å²) in [6.45, 7) is 8.20. The van der Waals surface area contributed by atoms with Crippen LogP contribution in [-0.2, 0) is 27.3 Å². The Morgan fingerprint density at radius 1 is 1.08 bits per heavy atom. The number of thiophene rings is 1. The molecule has 0 fully saturated rings. The van der Waals surface area contributed by atoms with Gasteiger partial charge in [-0.25, -0.2) is 4.79 Å². The third-order valence-corrected chi connectivity index (χ3v) is 6.25. The number of methoxy groups -OCH3 is 2. The Labute approximate surface area is 216 Å². The van der Waals surface area contributed by atoms with E-state index in [0.717, 1.165) is 15.3 Å². The Hall–Kier alpha value is -3.53. The van der Waals surface area contributed by atoms with Crippen LogP contribution in [0.3, 0.4) is 0 Å². The third-order valence-electron chi connectivity index (χ3n) is 5.27. The van der Waals surface area contributed by atoms with Crippen molar-refractivity contribution < 1.29 is 28.6 Å². The van der Waals surface area contributed by atoms with Gasteiger partial charge < -0.3 is 29.3 Å². The molecule has 2 aromatic rings. The molecule has 0 aliphatic heterocycles. The van der Waals surface area contributed by atoms with Crippen LogP contribution >= 0.6 is 11.3 Å². The number of hydrogen-bond acceptors (Lipinski definition) is 7. The molecule has 196 valence electrons. The number of nitrogens with one attached hydrogen (secondary N) is 1. The lowest BCUT2D eigenvalue weighted by Gasteiger charge is -2.27. The van der Waals surface area contributed by atoms with Gasteiger partial charge >= 0.3 is 12.0 Å². The molecule has 1 aromatic carbocycles. The van der Waals surface area contributed by atoms with Gasteiger partial charge in [-0.05, 0) is 50.1 Å². The number of amides is 3. The molecule has 0 saturated carbocycles. The Balaban J connectivity index is 2.13. The quantitative estimate of drug-likeness (QED) is 0.305. The minimum Gasteiger partial charge on any atom is -0.493 e. The lowest BCUT2D eigenvalue weighted by atomic mass is 10.1. The molecule has 1 aromatic heterocycles. The summed E-state index contributed by atoms with van der Waals surface area (Å²) in [6, 6.07) is 9.15. The molecular weight excluding hydrogens is 482 g/mol. The number of hydrogen-bond donors (Lipinski definition) is 1. The van der Waals surface area contributed by atoms with Crippen LogP contribution in [0.15, 0.2) is 43.0 Å². The second-order valence-corrected chi connectivity index (χ2v) is 9.27. The van der Waals surface area contributed by atoms with Crippen LogP contribution in [0.25, 0.3) is 0 Å². The molecule has 0 spiro atoms. The van der Waals surface area contributed by atoms with Gasteiger partial charge in [0, 0.05) is 22.8 Å². The standard InChI is InChI=1S/C26H35N3O6S/c1-6-13-29(26(32)27-16-25(31)35-7-2)18-24(30)28(17-21-10-8-19(3)36-21)14-12-20-9-11-22(33-4)23(15-20)34-5/h6,8-11,15H,1,7,12-14,16-18H2,2-5H3,(H,27,32). The van der Waals surface area contributed by atoms with E-state index < -0.39 is 12.0 Å². The average molecular weight is 518 g/mol. The Morgan fingerprint density at radius 2 is 1.83 bits per heavy atom. The van der Waals surface area contributed by atoms with E-state index in [-0.39, 0.29) is 32.1 Å². The van der Waals surface area contributed by atoms with Gasteiger partial charge in [0.05, 0.1) is 27.4 Å². The van der Waals surface area contributed by atoms with Gasteiger partial charge in [-0.3, -0.25) is 9.59 Å². The first-order valence-electron chi connectivity index (χ1n) is 11.6. The zero-order valence-electron chi connectivity index (χ0n) is 21.4. The molecule has 0 saturated heterocycles. The van der Waals surface area contributed by atoms with Crippen molar-refractivity contribution in [1.82, 2.24) is 15.1 Å². The van der Waals surface area contributed by atoms with Crippen molar-refractivity contribution in [2.75, 3.05) is 47.0 Å². The molecule has 0 radical (unpaired) electrons. The van der Waals surface area contributed by atoms with Gasteiger partial charge in [0.1, 0.15) is 13.1 Å². The molecule has 3 amide bonds. The van der Waals surface area contributed by atoms with Gasteiger partial charge in [0.2, 0.25) is 5.91 Å². The molecule has 10 heteroatoms. The molecule has 1 N–H and O–H groups in total. The highest BCUT2D eigenvalue weighted by molar-refractivity contribution is 7.11. The number of carbonyl (C=O) groups excluding carboxylic acids is 3. The van der Waals surface area contributed by atoms with E-state index in [4.69, 9.17) is 14.2 Å². The molecule has 1 heterocycles. The third kappa shape index (κ3) is 8.92. The summed E-state index contributed by atoms with van der Waals surface area (Å²) in [4.78, 5) is 42.9. The summed E-state index contributed by atoms with van der Waals surface area (Å²) in [5.74, 6) is 0.504. The lowest BCUT2D eigenvalue weighted by Crippen LogP contribution is -2.48. The van der Waals surface area contributed by atoms with E-state index in [1.165, 1.54) is 11.0 Å². The van der Waals surface area contributed by atoms with Crippen LogP contribution < -0.4 is 14.8 Å². The van der Waals surface area contributed by atoms with Crippen LogP contribution in [-0.4, -0.2) is 74.7 Å². The van der Waals surface area contributed by atoms with Crippen LogP contribution in [0.1, 0.15) is 22.2 Å². The first-order chi connectivity index (χ1) is 17.3. The van der Waals surface area contributed by atoms with Crippen molar-refractivity contribution in [3.8, 4) is 11.5 Å². The Morgan fingerprint density at radius 3 is 2.44 bits per heavy atom. The predicted octanol–water partition coefficient (Wildman–Crippen LogP) is 3.41. The largest absolute Gasteiger partial charge is 0.493 e. The van der Waals surface area contributed by atoms with Gasteiger partial charge in [0.15, 0.2) is 11.5 Å². The topological polar surface area (TPSA) is 97.4 Å². The fourth-order valence-corrected chi connectivity index (χ4v) is 4.37. The number of benzene rings is 1. The van der Waals surface area contributed by atoms with Crippen molar-refractivity contribution in [3.05, 3.63) is 58.3 Å². The molecule has 0 atom stereocenters. The first-order valence-corrected chi connectivity index (χ1v) is 12.5. The number of rotatable bonds is 14. The summed E-state index contributed by atoms with van der Waals surface area (Å²) >= 11 is 1.63. The van der Waals surface area contributed by atoms with Gasteiger partial charge in [-0.2, -0.15) is 0 Å². The first kappa shape index (κ1) is 28.7. The number of carbonyl (C=O) groups is 3. The number of nitrogens with zero attached hydrogens (tertiary/aromatic N) is 2. The van der Waals surface area contributed by atoms with E-state index in [0.29, 0.717) is 31.0 Å². The normalized spacial score (nSPS) is 10.3. The van der Waals surface area contributed by atoms with Crippen LogP contribution in [0, 0.1) is 6.92 Å². The number of urea groups is 1. The van der Waals surface area contributed by atoms with E-state index in [9.17, 15) is 14.4 Å². The van der Waals surface area contributed by atoms with Gasteiger partial charge in [0.25, 0.3) is 0 Å². The monoisotopic (exact) mass is 517 g/mol. The minimum absolute atomic E-state index is 0.155. The summed E-state index contributed by atoms with van der Waals surface area (Å²) in [5, 5.41) is 2.50. The maximum atomic E-state index is 13.4. The van der Waals surface area contributed by atoms with Crippen molar-refractivity contribution in [3.63, 3.8) is 0 Å². The second-order valence-electron chi connectivity index (χ2n) is 7.90. The summed E-state index contributed by atoms with van der Waals surface area (Å²) in [6.07, 6.45) is 2.13. The van der Waals surface area contributed by atoms with E-state index in [1.54, 1.807) is 37.4 Å². The molecule has 36 heavy (non-hydrogen) atoms. The van der Waals surface area contributed by atoms with Crippen molar-refractivity contribution >= 4 is 29.2 Å². The second kappa shape index (κ2) is 14.8. The predicted molar refractivity (Wildman–Crippen MR) is 140 cm³/mol. The Bertz CT molecular complexity index is 1040. The highest BCUT2D eigenvalue weighted by atomic mass is 32.1. The summed E-state index contributed by atoms with van der Waals surface area (Å²) < 4.78 is 15.5. The molecule has 9 nitrogen and oxygen atoms in total. The van der Waals surface area contributed by atoms with Crippen LogP contribution in [0.5, 0.6) is 11.5 Å². The van der Waals surface area contributed by atoms with Crippen LogP contribution in [0.2, 0.25) is 0 Å². The van der Waals surface area contributed by atoms with Crippen molar-refractivity contribution in [2.45, 2.75) is 26.8 Å². The molecule has 0 aliphatic rings. The number of esters is 1. The fourth-order valence-electron chi connectivity index (χ4n) is 3.46. The molecular formula is C26H35N3O6S. The van der Waals surface area contributed by atoms with Crippen LogP contribution in [0.4, 0.5) is 4.79 Å². The fraction of sp³-hybridized carbons (Fsp3) is 0.423. The lowest BCUT2D eigenvalue weighted by molar-refractivity contribution is -0.141. The molecule has 2 rings (SSSR count). The highest BCUT2D eigenvalue weighted by Gasteiger charge is 2.22. The minimum atomic E-state index is -0.541. The molecule has 0 unspecified atom stereocenters. The maximum absolute atomic E-state index is 13.4. The smallest absolute Gasteiger partial charge is 0.325 e. The maximum Gasteiger partial charge on any atom is 0.325 e. The zero-order chi connectivity index (χ0) is 26.5.